The molecule has 5 nitrogen and oxygen atoms in total. The molecule has 0 amide bonds. The van der Waals surface area contributed by atoms with Crippen molar-refractivity contribution in [2.75, 3.05) is 18.2 Å². The van der Waals surface area contributed by atoms with E-state index < -0.39 is 5.97 Å². The molecule has 0 aliphatic carbocycles. The molecule has 1 aromatic heterocycles. The van der Waals surface area contributed by atoms with Crippen LogP contribution >= 0.6 is 11.8 Å². The highest BCUT2D eigenvalue weighted by molar-refractivity contribution is 7.98. The molecule has 0 spiro atoms. The van der Waals surface area contributed by atoms with Gasteiger partial charge in [0.1, 0.15) is 11.4 Å². The summed E-state index contributed by atoms with van der Waals surface area (Å²) in [6.45, 7) is 4.11. The molecule has 0 saturated heterocycles. The molecule has 0 radical (unpaired) electrons. The summed E-state index contributed by atoms with van der Waals surface area (Å²) in [7, 11) is 0. The van der Waals surface area contributed by atoms with Gasteiger partial charge in [-0.3, -0.25) is 0 Å². The summed E-state index contributed by atoms with van der Waals surface area (Å²) >= 11 is 1.43. The SMILES string of the molecule is CCOC(=O)c1cnc(SC)nc1NC(C)c1ccccc1. The highest BCUT2D eigenvalue weighted by atomic mass is 32.2. The predicted molar refractivity (Wildman–Crippen MR) is 88.2 cm³/mol. The standard InChI is InChI=1S/C16H19N3O2S/c1-4-21-15(20)13-10-17-16(22-3)19-14(13)18-11(2)12-8-6-5-7-9-12/h5-11H,4H2,1-3H3,(H,17,18,19). The second-order valence-electron chi connectivity index (χ2n) is 4.62. The van der Waals surface area contributed by atoms with Crippen molar-refractivity contribution in [1.82, 2.24) is 9.97 Å². The normalized spacial score (nSPS) is 11.8. The van der Waals surface area contributed by atoms with Crippen LogP contribution < -0.4 is 5.32 Å². The molecular formula is C16H19N3O2S. The molecule has 0 aliphatic heterocycles. The minimum Gasteiger partial charge on any atom is -0.462 e. The number of thioether (sulfide) groups is 1. The molecule has 2 rings (SSSR count). The van der Waals surface area contributed by atoms with E-state index >= 15 is 0 Å². The Labute approximate surface area is 134 Å². The molecule has 1 heterocycles. The van der Waals surface area contributed by atoms with Crippen LogP contribution in [-0.4, -0.2) is 28.8 Å². The van der Waals surface area contributed by atoms with Crippen molar-refractivity contribution >= 4 is 23.5 Å². The summed E-state index contributed by atoms with van der Waals surface area (Å²) < 4.78 is 5.06. The van der Waals surface area contributed by atoms with Crippen molar-refractivity contribution in [3.63, 3.8) is 0 Å². The molecule has 6 heteroatoms. The number of nitrogens with zero attached hydrogens (tertiary/aromatic N) is 2. The molecule has 1 atom stereocenters. The largest absolute Gasteiger partial charge is 0.462 e. The molecule has 0 aliphatic rings. The number of aromatic nitrogens is 2. The lowest BCUT2D eigenvalue weighted by Gasteiger charge is -2.17. The van der Waals surface area contributed by atoms with Crippen LogP contribution in [0.15, 0.2) is 41.7 Å². The number of nitrogens with one attached hydrogen (secondary N) is 1. The number of anilines is 1. The molecule has 1 aromatic carbocycles. The third-order valence-electron chi connectivity index (χ3n) is 3.10. The number of ether oxygens (including phenoxy) is 1. The monoisotopic (exact) mass is 317 g/mol. The van der Waals surface area contributed by atoms with Gasteiger partial charge in [0.2, 0.25) is 0 Å². The quantitative estimate of drug-likeness (QED) is 0.499. The minimum absolute atomic E-state index is 0.0129. The summed E-state index contributed by atoms with van der Waals surface area (Å²) in [6, 6.07) is 9.99. The first-order valence-electron chi connectivity index (χ1n) is 7.05. The van der Waals surface area contributed by atoms with Crippen molar-refractivity contribution < 1.29 is 9.53 Å². The van der Waals surface area contributed by atoms with E-state index in [9.17, 15) is 4.79 Å². The molecule has 0 fully saturated rings. The van der Waals surface area contributed by atoms with E-state index in [0.29, 0.717) is 23.1 Å². The Hall–Kier alpha value is -2.08. The number of hydrogen-bond acceptors (Lipinski definition) is 6. The van der Waals surface area contributed by atoms with E-state index in [4.69, 9.17) is 4.74 Å². The Morgan fingerprint density at radius 3 is 2.73 bits per heavy atom. The lowest BCUT2D eigenvalue weighted by molar-refractivity contribution is 0.0526. The third-order valence-corrected chi connectivity index (χ3v) is 3.66. The fourth-order valence-corrected chi connectivity index (χ4v) is 2.30. The van der Waals surface area contributed by atoms with Gasteiger partial charge < -0.3 is 10.1 Å². The molecular weight excluding hydrogens is 298 g/mol. The van der Waals surface area contributed by atoms with Gasteiger partial charge in [-0.15, -0.1) is 0 Å². The van der Waals surface area contributed by atoms with Crippen LogP contribution in [0.5, 0.6) is 0 Å². The molecule has 22 heavy (non-hydrogen) atoms. The maximum Gasteiger partial charge on any atom is 0.343 e. The van der Waals surface area contributed by atoms with Crippen LogP contribution in [0, 0.1) is 0 Å². The first-order chi connectivity index (χ1) is 10.7. The van der Waals surface area contributed by atoms with Gasteiger partial charge in [0, 0.05) is 12.2 Å². The Morgan fingerprint density at radius 1 is 1.36 bits per heavy atom. The van der Waals surface area contributed by atoms with Gasteiger partial charge in [-0.05, 0) is 25.7 Å². The molecule has 116 valence electrons. The first kappa shape index (κ1) is 16.3. The zero-order valence-corrected chi connectivity index (χ0v) is 13.7. The van der Waals surface area contributed by atoms with Gasteiger partial charge in [0.05, 0.1) is 6.61 Å². The van der Waals surface area contributed by atoms with Crippen molar-refractivity contribution in [3.05, 3.63) is 47.7 Å². The van der Waals surface area contributed by atoms with Crippen LogP contribution in [0.1, 0.15) is 35.8 Å². The van der Waals surface area contributed by atoms with E-state index in [1.807, 2.05) is 43.5 Å². The van der Waals surface area contributed by atoms with Crippen LogP contribution in [0.3, 0.4) is 0 Å². The summed E-state index contributed by atoms with van der Waals surface area (Å²) in [6.07, 6.45) is 3.40. The number of rotatable bonds is 6. The topological polar surface area (TPSA) is 64.1 Å². The van der Waals surface area contributed by atoms with Gasteiger partial charge in [-0.25, -0.2) is 14.8 Å². The Balaban J connectivity index is 2.29. The molecule has 0 saturated carbocycles. The summed E-state index contributed by atoms with van der Waals surface area (Å²) in [4.78, 5) is 20.6. The third kappa shape index (κ3) is 3.98. The van der Waals surface area contributed by atoms with Gasteiger partial charge in [0.25, 0.3) is 0 Å². The fourth-order valence-electron chi connectivity index (χ4n) is 1.96. The zero-order valence-electron chi connectivity index (χ0n) is 12.9. The highest BCUT2D eigenvalue weighted by Gasteiger charge is 2.17. The Bertz CT molecular complexity index is 635. The van der Waals surface area contributed by atoms with Gasteiger partial charge >= 0.3 is 5.97 Å². The second-order valence-corrected chi connectivity index (χ2v) is 5.39. The van der Waals surface area contributed by atoms with Gasteiger partial charge in [-0.1, -0.05) is 42.1 Å². The predicted octanol–water partition coefficient (Wildman–Crippen LogP) is 3.55. The Morgan fingerprint density at radius 2 is 2.09 bits per heavy atom. The van der Waals surface area contributed by atoms with E-state index in [1.165, 1.54) is 18.0 Å². The lowest BCUT2D eigenvalue weighted by atomic mass is 10.1. The van der Waals surface area contributed by atoms with Gasteiger partial charge in [0.15, 0.2) is 5.16 Å². The number of benzene rings is 1. The lowest BCUT2D eigenvalue weighted by Crippen LogP contribution is -2.15. The van der Waals surface area contributed by atoms with E-state index in [1.54, 1.807) is 6.92 Å². The van der Waals surface area contributed by atoms with E-state index in [0.717, 1.165) is 5.56 Å². The molecule has 0 bridgehead atoms. The maximum atomic E-state index is 12.0. The minimum atomic E-state index is -0.419. The fraction of sp³-hybridized carbons (Fsp3) is 0.312. The average molecular weight is 317 g/mol. The van der Waals surface area contributed by atoms with Crippen molar-refractivity contribution in [1.29, 1.82) is 0 Å². The number of carbonyl (C=O) groups is 1. The Kier molecular flexibility index (Phi) is 5.77. The van der Waals surface area contributed by atoms with Crippen molar-refractivity contribution in [2.24, 2.45) is 0 Å². The maximum absolute atomic E-state index is 12.0. The number of esters is 1. The molecule has 1 N–H and O–H groups in total. The zero-order chi connectivity index (χ0) is 15.9. The summed E-state index contributed by atoms with van der Waals surface area (Å²) in [5.41, 5.74) is 1.46. The van der Waals surface area contributed by atoms with Crippen LogP contribution in [0.25, 0.3) is 0 Å². The first-order valence-corrected chi connectivity index (χ1v) is 8.27. The van der Waals surface area contributed by atoms with E-state index in [2.05, 4.69) is 15.3 Å². The second kappa shape index (κ2) is 7.79. The number of hydrogen-bond donors (Lipinski definition) is 1. The molecule has 1 unspecified atom stereocenters. The van der Waals surface area contributed by atoms with Crippen LogP contribution in [0.2, 0.25) is 0 Å². The smallest absolute Gasteiger partial charge is 0.343 e. The average Bonchev–Trinajstić information content (AvgIpc) is 2.55. The van der Waals surface area contributed by atoms with E-state index in [-0.39, 0.29) is 6.04 Å². The van der Waals surface area contributed by atoms with Gasteiger partial charge in [-0.2, -0.15) is 0 Å². The summed E-state index contributed by atoms with van der Waals surface area (Å²) in [5, 5.41) is 3.88. The summed E-state index contributed by atoms with van der Waals surface area (Å²) in [5.74, 6) is 0.0760. The van der Waals surface area contributed by atoms with Crippen LogP contribution in [0.4, 0.5) is 5.82 Å². The van der Waals surface area contributed by atoms with Crippen LogP contribution in [-0.2, 0) is 4.74 Å². The molecule has 2 aromatic rings. The van der Waals surface area contributed by atoms with Crippen molar-refractivity contribution in [2.45, 2.75) is 25.0 Å². The number of carbonyl (C=O) groups excluding carboxylic acids is 1. The highest BCUT2D eigenvalue weighted by Crippen LogP contribution is 2.23. The van der Waals surface area contributed by atoms with Crippen molar-refractivity contribution in [3.8, 4) is 0 Å².